The number of amides is 1. The van der Waals surface area contributed by atoms with Crippen molar-refractivity contribution in [1.29, 1.82) is 0 Å². The molecular formula is C15H19ClN4O3S2. The summed E-state index contributed by atoms with van der Waals surface area (Å²) in [6.45, 7) is 5.97. The van der Waals surface area contributed by atoms with E-state index in [2.05, 4.69) is 15.5 Å². The molecular weight excluding hydrogens is 384 g/mol. The first-order valence-corrected chi connectivity index (χ1v) is 9.94. The molecule has 0 saturated carbocycles. The van der Waals surface area contributed by atoms with Crippen molar-refractivity contribution in [2.24, 2.45) is 0 Å². The molecule has 136 valence electrons. The second kappa shape index (κ2) is 6.99. The Balaban J connectivity index is 2.32. The summed E-state index contributed by atoms with van der Waals surface area (Å²) in [5.74, 6) is -0.544. The Hall–Kier alpha value is -1.55. The quantitative estimate of drug-likeness (QED) is 0.848. The van der Waals surface area contributed by atoms with E-state index in [1.54, 1.807) is 0 Å². The molecule has 0 aliphatic heterocycles. The lowest BCUT2D eigenvalue weighted by molar-refractivity contribution is 0.102. The van der Waals surface area contributed by atoms with Crippen molar-refractivity contribution in [1.82, 2.24) is 14.5 Å². The van der Waals surface area contributed by atoms with Crippen molar-refractivity contribution in [2.45, 2.75) is 31.1 Å². The maximum absolute atomic E-state index is 12.5. The van der Waals surface area contributed by atoms with Crippen LogP contribution in [0.15, 0.2) is 23.1 Å². The van der Waals surface area contributed by atoms with Gasteiger partial charge in [0.2, 0.25) is 15.2 Å². The van der Waals surface area contributed by atoms with Gasteiger partial charge in [0.05, 0.1) is 15.5 Å². The third-order valence-corrected chi connectivity index (χ3v) is 6.65. The zero-order chi connectivity index (χ0) is 19.0. The highest BCUT2D eigenvalue weighted by molar-refractivity contribution is 7.89. The fourth-order valence-corrected chi connectivity index (χ4v) is 3.72. The van der Waals surface area contributed by atoms with E-state index in [9.17, 15) is 13.2 Å². The first kappa shape index (κ1) is 19.8. The van der Waals surface area contributed by atoms with Crippen LogP contribution < -0.4 is 5.32 Å². The van der Waals surface area contributed by atoms with E-state index in [1.165, 1.54) is 43.6 Å². The molecule has 1 aromatic heterocycles. The predicted octanol–water partition coefficient (Wildman–Crippen LogP) is 2.99. The lowest BCUT2D eigenvalue weighted by atomic mass is 9.98. The average molecular weight is 403 g/mol. The zero-order valence-electron chi connectivity index (χ0n) is 14.5. The number of hydrogen-bond donors (Lipinski definition) is 1. The maximum atomic E-state index is 12.5. The number of rotatable bonds is 4. The lowest BCUT2D eigenvalue weighted by Crippen LogP contribution is -2.23. The van der Waals surface area contributed by atoms with Crippen molar-refractivity contribution in [3.63, 3.8) is 0 Å². The van der Waals surface area contributed by atoms with Crippen LogP contribution >= 0.6 is 22.9 Å². The van der Waals surface area contributed by atoms with Crippen LogP contribution in [0.2, 0.25) is 5.02 Å². The molecule has 0 fully saturated rings. The summed E-state index contributed by atoms with van der Waals surface area (Å²) in [7, 11) is -0.837. The van der Waals surface area contributed by atoms with Crippen molar-refractivity contribution in [3.8, 4) is 0 Å². The van der Waals surface area contributed by atoms with Crippen LogP contribution in [0.3, 0.4) is 0 Å². The Kier molecular flexibility index (Phi) is 5.53. The molecule has 1 aromatic carbocycles. The number of anilines is 1. The molecule has 2 aromatic rings. The SMILES string of the molecule is CN(C)S(=O)(=O)c1ccc(Cl)c(C(=O)Nc2nnc(C(C)(C)C)s2)c1. The molecule has 0 unspecified atom stereocenters. The van der Waals surface area contributed by atoms with Gasteiger partial charge in [0.15, 0.2) is 0 Å². The number of benzene rings is 1. The number of sulfonamides is 1. The van der Waals surface area contributed by atoms with Crippen molar-refractivity contribution in [2.75, 3.05) is 19.4 Å². The van der Waals surface area contributed by atoms with Gasteiger partial charge in [-0.1, -0.05) is 43.7 Å². The molecule has 1 heterocycles. The van der Waals surface area contributed by atoms with Crippen molar-refractivity contribution < 1.29 is 13.2 Å². The van der Waals surface area contributed by atoms with Gasteiger partial charge in [-0.05, 0) is 18.2 Å². The van der Waals surface area contributed by atoms with Crippen molar-refractivity contribution in [3.05, 3.63) is 33.8 Å². The van der Waals surface area contributed by atoms with Gasteiger partial charge >= 0.3 is 0 Å². The van der Waals surface area contributed by atoms with Gasteiger partial charge in [-0.25, -0.2) is 12.7 Å². The topological polar surface area (TPSA) is 92.3 Å². The standard InChI is InChI=1S/C15H19ClN4O3S2/c1-15(2,3)13-18-19-14(24-13)17-12(21)10-8-9(6-7-11(10)16)25(22,23)20(4)5/h6-8H,1-5H3,(H,17,19,21). The molecule has 7 nitrogen and oxygen atoms in total. The van der Waals surface area contributed by atoms with Crippen LogP contribution in [0.4, 0.5) is 5.13 Å². The molecule has 2 rings (SSSR count). The van der Waals surface area contributed by atoms with Crippen LogP contribution in [0.25, 0.3) is 0 Å². The lowest BCUT2D eigenvalue weighted by Gasteiger charge is -2.13. The van der Waals surface area contributed by atoms with E-state index in [4.69, 9.17) is 11.6 Å². The van der Waals surface area contributed by atoms with E-state index in [-0.39, 0.29) is 20.9 Å². The Bertz CT molecular complexity index is 902. The molecule has 25 heavy (non-hydrogen) atoms. The highest BCUT2D eigenvalue weighted by Crippen LogP contribution is 2.29. The third kappa shape index (κ3) is 4.35. The number of carbonyl (C=O) groups is 1. The molecule has 0 bridgehead atoms. The van der Waals surface area contributed by atoms with Crippen LogP contribution in [0.5, 0.6) is 0 Å². The monoisotopic (exact) mass is 402 g/mol. The van der Waals surface area contributed by atoms with Crippen LogP contribution in [0, 0.1) is 0 Å². The fourth-order valence-electron chi connectivity index (χ4n) is 1.79. The van der Waals surface area contributed by atoms with Gasteiger partial charge in [-0.15, -0.1) is 10.2 Å². The highest BCUT2D eigenvalue weighted by Gasteiger charge is 2.23. The van der Waals surface area contributed by atoms with Gasteiger partial charge in [0.25, 0.3) is 5.91 Å². The van der Waals surface area contributed by atoms with Crippen LogP contribution in [-0.2, 0) is 15.4 Å². The second-order valence-corrected chi connectivity index (χ2v) is 10.1. The number of carbonyl (C=O) groups excluding carboxylic acids is 1. The van der Waals surface area contributed by atoms with E-state index < -0.39 is 15.9 Å². The summed E-state index contributed by atoms with van der Waals surface area (Å²) < 4.78 is 25.5. The summed E-state index contributed by atoms with van der Waals surface area (Å²) >= 11 is 7.32. The largest absolute Gasteiger partial charge is 0.296 e. The molecule has 0 aliphatic rings. The molecule has 0 aliphatic carbocycles. The van der Waals surface area contributed by atoms with E-state index in [1.807, 2.05) is 20.8 Å². The molecule has 1 amide bonds. The minimum atomic E-state index is -3.67. The minimum absolute atomic E-state index is 0.0142. The molecule has 0 atom stereocenters. The number of nitrogens with zero attached hydrogens (tertiary/aromatic N) is 3. The molecule has 0 saturated heterocycles. The summed E-state index contributed by atoms with van der Waals surface area (Å²) in [5.41, 5.74) is -0.130. The highest BCUT2D eigenvalue weighted by atomic mass is 35.5. The van der Waals surface area contributed by atoms with Crippen LogP contribution in [0.1, 0.15) is 36.1 Å². The second-order valence-electron chi connectivity index (χ2n) is 6.55. The number of aromatic nitrogens is 2. The van der Waals surface area contributed by atoms with Gasteiger partial charge in [0, 0.05) is 19.5 Å². The van der Waals surface area contributed by atoms with Gasteiger partial charge in [0.1, 0.15) is 5.01 Å². The van der Waals surface area contributed by atoms with Gasteiger partial charge < -0.3 is 0 Å². The van der Waals surface area contributed by atoms with Gasteiger partial charge in [-0.2, -0.15) is 0 Å². The number of hydrogen-bond acceptors (Lipinski definition) is 6. The Morgan fingerprint density at radius 1 is 1.24 bits per heavy atom. The Morgan fingerprint density at radius 3 is 2.40 bits per heavy atom. The number of nitrogens with one attached hydrogen (secondary N) is 1. The fraction of sp³-hybridized carbons (Fsp3) is 0.400. The van der Waals surface area contributed by atoms with Crippen molar-refractivity contribution >= 4 is 44.0 Å². The normalized spacial score (nSPS) is 12.4. The average Bonchev–Trinajstić information content (AvgIpc) is 2.95. The maximum Gasteiger partial charge on any atom is 0.259 e. The summed E-state index contributed by atoms with van der Waals surface area (Å²) in [6.07, 6.45) is 0. The summed E-state index contributed by atoms with van der Waals surface area (Å²) in [4.78, 5) is 12.5. The van der Waals surface area contributed by atoms with E-state index in [0.29, 0.717) is 5.13 Å². The van der Waals surface area contributed by atoms with E-state index >= 15 is 0 Å². The summed E-state index contributed by atoms with van der Waals surface area (Å²) in [6, 6.07) is 3.99. The zero-order valence-corrected chi connectivity index (χ0v) is 16.9. The Morgan fingerprint density at radius 2 is 1.88 bits per heavy atom. The van der Waals surface area contributed by atoms with Gasteiger partial charge in [-0.3, -0.25) is 10.1 Å². The van der Waals surface area contributed by atoms with E-state index in [0.717, 1.165) is 9.31 Å². The minimum Gasteiger partial charge on any atom is -0.296 e. The third-order valence-electron chi connectivity index (χ3n) is 3.25. The molecule has 1 N–H and O–H groups in total. The number of halogens is 1. The Labute approximate surface area is 156 Å². The molecule has 10 heteroatoms. The first-order chi connectivity index (χ1) is 11.4. The summed E-state index contributed by atoms with van der Waals surface area (Å²) in [5, 5.41) is 11.9. The molecule has 0 spiro atoms. The smallest absolute Gasteiger partial charge is 0.259 e. The molecule has 0 radical (unpaired) electrons. The first-order valence-electron chi connectivity index (χ1n) is 7.30. The predicted molar refractivity (Wildman–Crippen MR) is 98.9 cm³/mol. The van der Waals surface area contributed by atoms with Crippen LogP contribution in [-0.4, -0.2) is 42.9 Å².